The number of esters is 1. The van der Waals surface area contributed by atoms with Gasteiger partial charge in [0.15, 0.2) is 6.61 Å². The number of carbonyl (C=O) groups is 3. The molecule has 0 atom stereocenters. The van der Waals surface area contributed by atoms with Crippen molar-refractivity contribution < 1.29 is 23.5 Å². The van der Waals surface area contributed by atoms with E-state index in [0.717, 1.165) is 18.9 Å². The van der Waals surface area contributed by atoms with Crippen LogP contribution in [0.2, 0.25) is 0 Å². The monoisotopic (exact) mass is 322 g/mol. The first-order valence-electron chi connectivity index (χ1n) is 7.33. The van der Waals surface area contributed by atoms with E-state index < -0.39 is 24.3 Å². The van der Waals surface area contributed by atoms with Gasteiger partial charge in [-0.25, -0.2) is 9.18 Å². The molecule has 1 aliphatic carbocycles. The molecule has 2 amide bonds. The number of amides is 2. The highest BCUT2D eigenvalue weighted by Crippen LogP contribution is 2.18. The van der Waals surface area contributed by atoms with Gasteiger partial charge in [0, 0.05) is 13.1 Å². The molecule has 1 fully saturated rings. The lowest BCUT2D eigenvalue weighted by Crippen LogP contribution is -2.40. The Hall–Kier alpha value is -2.44. The maximum Gasteiger partial charge on any atom is 0.338 e. The van der Waals surface area contributed by atoms with E-state index in [-0.39, 0.29) is 24.1 Å². The van der Waals surface area contributed by atoms with Crippen molar-refractivity contribution in [2.24, 2.45) is 0 Å². The number of benzene rings is 1. The summed E-state index contributed by atoms with van der Waals surface area (Å²) in [5.74, 6) is -2.04. The van der Waals surface area contributed by atoms with Crippen LogP contribution in [0, 0.1) is 12.7 Å². The van der Waals surface area contributed by atoms with Crippen LogP contribution in [0.1, 0.15) is 28.8 Å². The number of carbonyl (C=O) groups excluding carboxylic acids is 3. The first-order valence-corrected chi connectivity index (χ1v) is 7.33. The molecule has 124 valence electrons. The topological polar surface area (TPSA) is 75.7 Å². The molecular formula is C16H19FN2O4. The number of hydrogen-bond acceptors (Lipinski definition) is 4. The standard InChI is InChI=1S/C16H19FN2O4/c1-10-3-4-11(7-13(10)17)16(22)23-9-15(21)19(2)8-14(20)18-12-5-6-12/h3-4,7,12H,5-6,8-9H2,1-2H3,(H,18,20). The van der Waals surface area contributed by atoms with Gasteiger partial charge in [-0.2, -0.15) is 0 Å². The van der Waals surface area contributed by atoms with Gasteiger partial charge in [-0.15, -0.1) is 0 Å². The lowest BCUT2D eigenvalue weighted by atomic mass is 10.1. The van der Waals surface area contributed by atoms with Crippen molar-refractivity contribution in [1.82, 2.24) is 10.2 Å². The summed E-state index contributed by atoms with van der Waals surface area (Å²) in [6.45, 7) is 0.989. The minimum absolute atomic E-state index is 0.0371. The molecule has 1 aromatic carbocycles. The Labute approximate surface area is 133 Å². The second kappa shape index (κ2) is 7.21. The van der Waals surface area contributed by atoms with Gasteiger partial charge in [0.2, 0.25) is 5.91 Å². The summed E-state index contributed by atoms with van der Waals surface area (Å²) in [6, 6.07) is 4.18. The average molecular weight is 322 g/mol. The van der Waals surface area contributed by atoms with Crippen LogP contribution in [0.3, 0.4) is 0 Å². The molecule has 0 heterocycles. The Kier molecular flexibility index (Phi) is 5.31. The zero-order chi connectivity index (χ0) is 17.0. The average Bonchev–Trinajstić information content (AvgIpc) is 3.30. The molecule has 0 aromatic heterocycles. The summed E-state index contributed by atoms with van der Waals surface area (Å²) in [6.07, 6.45) is 1.93. The minimum Gasteiger partial charge on any atom is -0.452 e. The van der Waals surface area contributed by atoms with Gasteiger partial charge >= 0.3 is 5.97 Å². The van der Waals surface area contributed by atoms with Crippen molar-refractivity contribution >= 4 is 17.8 Å². The quantitative estimate of drug-likeness (QED) is 0.794. The molecule has 1 saturated carbocycles. The largest absolute Gasteiger partial charge is 0.452 e. The van der Waals surface area contributed by atoms with Crippen molar-refractivity contribution in [2.75, 3.05) is 20.2 Å². The van der Waals surface area contributed by atoms with Crippen LogP contribution >= 0.6 is 0 Å². The Bertz CT molecular complexity index is 629. The molecule has 0 unspecified atom stereocenters. The van der Waals surface area contributed by atoms with E-state index in [2.05, 4.69) is 5.32 Å². The predicted octanol–water partition coefficient (Wildman–Crippen LogP) is 1.03. The van der Waals surface area contributed by atoms with E-state index in [0.29, 0.717) is 5.56 Å². The summed E-state index contributed by atoms with van der Waals surface area (Å²) < 4.78 is 18.2. The van der Waals surface area contributed by atoms with Gasteiger partial charge in [-0.1, -0.05) is 6.07 Å². The van der Waals surface area contributed by atoms with Crippen LogP contribution < -0.4 is 5.32 Å². The number of nitrogens with one attached hydrogen (secondary N) is 1. The Balaban J connectivity index is 1.79. The Morgan fingerprint density at radius 1 is 1.35 bits per heavy atom. The number of aryl methyl sites for hydroxylation is 1. The van der Waals surface area contributed by atoms with Crippen LogP contribution in [0.5, 0.6) is 0 Å². The number of likely N-dealkylation sites (N-methyl/N-ethyl adjacent to an activating group) is 1. The molecule has 0 spiro atoms. The Morgan fingerprint density at radius 2 is 2.04 bits per heavy atom. The van der Waals surface area contributed by atoms with E-state index in [1.807, 2.05) is 0 Å². The predicted molar refractivity (Wildman–Crippen MR) is 80.2 cm³/mol. The molecule has 0 aliphatic heterocycles. The summed E-state index contributed by atoms with van der Waals surface area (Å²) in [7, 11) is 1.45. The molecule has 0 bridgehead atoms. The van der Waals surface area contributed by atoms with Crippen LogP contribution in [-0.4, -0.2) is 48.9 Å². The lowest BCUT2D eigenvalue weighted by Gasteiger charge is -2.16. The number of hydrogen-bond donors (Lipinski definition) is 1. The molecule has 0 radical (unpaired) electrons. The van der Waals surface area contributed by atoms with E-state index in [9.17, 15) is 18.8 Å². The third-order valence-electron chi connectivity index (χ3n) is 3.48. The van der Waals surface area contributed by atoms with Crippen molar-refractivity contribution in [3.8, 4) is 0 Å². The number of rotatable bonds is 6. The summed E-state index contributed by atoms with van der Waals surface area (Å²) in [5, 5.41) is 2.76. The highest BCUT2D eigenvalue weighted by Gasteiger charge is 2.24. The number of halogens is 1. The molecule has 23 heavy (non-hydrogen) atoms. The van der Waals surface area contributed by atoms with E-state index >= 15 is 0 Å². The summed E-state index contributed by atoms with van der Waals surface area (Å²) in [5.41, 5.74) is 0.453. The maximum absolute atomic E-state index is 13.4. The summed E-state index contributed by atoms with van der Waals surface area (Å²) >= 11 is 0. The second-order valence-electron chi connectivity index (χ2n) is 5.63. The first kappa shape index (κ1) is 16.9. The van der Waals surface area contributed by atoms with E-state index in [1.54, 1.807) is 6.92 Å². The first-order chi connectivity index (χ1) is 10.9. The summed E-state index contributed by atoms with van der Waals surface area (Å²) in [4.78, 5) is 36.4. The third-order valence-corrected chi connectivity index (χ3v) is 3.48. The van der Waals surface area contributed by atoms with Gasteiger partial charge < -0.3 is 15.0 Å². The number of ether oxygens (including phenoxy) is 1. The van der Waals surface area contributed by atoms with Crippen molar-refractivity contribution in [1.29, 1.82) is 0 Å². The molecule has 7 heteroatoms. The van der Waals surface area contributed by atoms with Gasteiger partial charge in [0.25, 0.3) is 5.91 Å². The maximum atomic E-state index is 13.4. The fourth-order valence-electron chi connectivity index (χ4n) is 1.85. The van der Waals surface area contributed by atoms with E-state index in [1.165, 1.54) is 24.1 Å². The fraction of sp³-hybridized carbons (Fsp3) is 0.438. The highest BCUT2D eigenvalue weighted by molar-refractivity contribution is 5.92. The molecule has 2 rings (SSSR count). The van der Waals surface area contributed by atoms with Crippen LogP contribution in [0.4, 0.5) is 4.39 Å². The van der Waals surface area contributed by atoms with Gasteiger partial charge in [0.05, 0.1) is 12.1 Å². The van der Waals surface area contributed by atoms with Gasteiger partial charge in [0.1, 0.15) is 5.82 Å². The van der Waals surface area contributed by atoms with Crippen LogP contribution in [0.15, 0.2) is 18.2 Å². The van der Waals surface area contributed by atoms with Crippen LogP contribution in [0.25, 0.3) is 0 Å². The Morgan fingerprint density at radius 3 is 2.65 bits per heavy atom. The van der Waals surface area contributed by atoms with Gasteiger partial charge in [-0.3, -0.25) is 9.59 Å². The molecule has 6 nitrogen and oxygen atoms in total. The normalized spacial score (nSPS) is 13.3. The SMILES string of the molecule is Cc1ccc(C(=O)OCC(=O)N(C)CC(=O)NC2CC2)cc1F. The van der Waals surface area contributed by atoms with Gasteiger partial charge in [-0.05, 0) is 37.5 Å². The zero-order valence-corrected chi connectivity index (χ0v) is 13.1. The molecule has 1 aromatic rings. The van der Waals surface area contributed by atoms with Crippen molar-refractivity contribution in [3.05, 3.63) is 35.1 Å². The van der Waals surface area contributed by atoms with Crippen molar-refractivity contribution in [3.63, 3.8) is 0 Å². The number of nitrogens with zero attached hydrogens (tertiary/aromatic N) is 1. The van der Waals surface area contributed by atoms with Crippen LogP contribution in [-0.2, 0) is 14.3 Å². The molecular weight excluding hydrogens is 303 g/mol. The zero-order valence-electron chi connectivity index (χ0n) is 13.1. The molecule has 0 saturated heterocycles. The third kappa shape index (κ3) is 5.05. The second-order valence-corrected chi connectivity index (χ2v) is 5.63. The van der Waals surface area contributed by atoms with Crippen molar-refractivity contribution in [2.45, 2.75) is 25.8 Å². The van der Waals surface area contributed by atoms with E-state index in [4.69, 9.17) is 4.74 Å². The molecule has 1 aliphatic rings. The smallest absolute Gasteiger partial charge is 0.338 e. The minimum atomic E-state index is -0.784. The fourth-order valence-corrected chi connectivity index (χ4v) is 1.85. The lowest BCUT2D eigenvalue weighted by molar-refractivity contribution is -0.137. The highest BCUT2D eigenvalue weighted by atomic mass is 19.1. The molecule has 1 N–H and O–H groups in total.